The Kier molecular flexibility index (Phi) is 4.96. The minimum absolute atomic E-state index is 0.0858. The standard InChI is InChI=1S/C24H21NO4/c1-25-10-8-16(9-11-25)12-18-14-22(17-4-7-21(26)24(13-17)28-3)29-23-15-19(27-2)5-6-20(18)23/h4-15H,1-3H3/p+1. The van der Waals surface area contributed by atoms with Crippen LogP contribution in [0.1, 0.15) is 16.7 Å². The first kappa shape index (κ1) is 18.6. The van der Waals surface area contributed by atoms with Gasteiger partial charge in [0.05, 0.1) is 14.2 Å². The van der Waals surface area contributed by atoms with Crippen molar-refractivity contribution in [1.82, 2.24) is 0 Å². The fourth-order valence-corrected chi connectivity index (χ4v) is 3.20. The predicted octanol–water partition coefficient (Wildman–Crippen LogP) is 4.21. The Morgan fingerprint density at radius 1 is 0.966 bits per heavy atom. The lowest BCUT2D eigenvalue weighted by Gasteiger charge is -2.21. The number of hydrogen-bond donors (Lipinski definition) is 1. The molecule has 1 aliphatic rings. The number of pyridine rings is 1. The number of aromatic nitrogens is 1. The number of fused-ring (bicyclic) bond motifs is 1. The van der Waals surface area contributed by atoms with E-state index >= 15 is 0 Å². The molecule has 0 bridgehead atoms. The summed E-state index contributed by atoms with van der Waals surface area (Å²) in [6.07, 6.45) is 8.13. The third kappa shape index (κ3) is 3.80. The molecule has 0 unspecified atom stereocenters. The Labute approximate surface area is 169 Å². The maximum absolute atomic E-state index is 9.91. The van der Waals surface area contributed by atoms with Crippen molar-refractivity contribution in [2.24, 2.45) is 7.05 Å². The second-order valence-electron chi connectivity index (χ2n) is 6.76. The molecule has 5 nitrogen and oxygen atoms in total. The van der Waals surface area contributed by atoms with Gasteiger partial charge in [0.25, 0.3) is 0 Å². The number of allylic oxidation sites excluding steroid dienone is 2. The SMILES string of the molecule is COc1ccc2c(c1)OC(c1ccc(O)c(OC)c1)=C/C2=C\c1cc[n+](C)cc1. The molecule has 4 rings (SSSR count). The number of methoxy groups -OCH3 is 2. The third-order valence-electron chi connectivity index (χ3n) is 4.80. The van der Waals surface area contributed by atoms with Crippen LogP contribution in [0.2, 0.25) is 0 Å². The van der Waals surface area contributed by atoms with E-state index in [1.807, 2.05) is 48.3 Å². The van der Waals surface area contributed by atoms with Crippen LogP contribution in [0.4, 0.5) is 0 Å². The zero-order valence-corrected chi connectivity index (χ0v) is 16.5. The zero-order chi connectivity index (χ0) is 20.4. The largest absolute Gasteiger partial charge is 0.504 e. The molecule has 0 atom stereocenters. The van der Waals surface area contributed by atoms with E-state index in [2.05, 4.69) is 18.2 Å². The summed E-state index contributed by atoms with van der Waals surface area (Å²) in [6.45, 7) is 0. The Hall–Kier alpha value is -3.73. The molecule has 2 aromatic carbocycles. The molecule has 29 heavy (non-hydrogen) atoms. The van der Waals surface area contributed by atoms with Gasteiger partial charge in [-0.3, -0.25) is 0 Å². The van der Waals surface area contributed by atoms with Crippen LogP contribution in [0.15, 0.2) is 67.0 Å². The smallest absolute Gasteiger partial charge is 0.169 e. The molecule has 0 saturated carbocycles. The van der Waals surface area contributed by atoms with E-state index in [9.17, 15) is 5.11 Å². The maximum Gasteiger partial charge on any atom is 0.169 e. The van der Waals surface area contributed by atoms with E-state index in [0.29, 0.717) is 17.3 Å². The molecule has 1 N–H and O–H groups in total. The Balaban J connectivity index is 1.84. The van der Waals surface area contributed by atoms with Crippen molar-refractivity contribution in [2.45, 2.75) is 0 Å². The van der Waals surface area contributed by atoms with Crippen LogP contribution >= 0.6 is 0 Å². The Morgan fingerprint density at radius 3 is 2.48 bits per heavy atom. The number of hydrogen-bond acceptors (Lipinski definition) is 4. The first-order valence-electron chi connectivity index (χ1n) is 9.19. The van der Waals surface area contributed by atoms with Crippen LogP contribution in [-0.4, -0.2) is 19.3 Å². The van der Waals surface area contributed by atoms with Gasteiger partial charge in [-0.05, 0) is 53.6 Å². The minimum atomic E-state index is 0.0858. The zero-order valence-electron chi connectivity index (χ0n) is 16.5. The summed E-state index contributed by atoms with van der Waals surface area (Å²) in [6, 6.07) is 15.1. The molecule has 1 aromatic heterocycles. The summed E-state index contributed by atoms with van der Waals surface area (Å²) in [7, 11) is 5.14. The highest BCUT2D eigenvalue weighted by molar-refractivity contribution is 5.96. The first-order valence-corrected chi connectivity index (χ1v) is 9.19. The normalized spacial score (nSPS) is 14.0. The van der Waals surface area contributed by atoms with Crippen LogP contribution in [-0.2, 0) is 7.05 Å². The van der Waals surface area contributed by atoms with Gasteiger partial charge in [-0.1, -0.05) is 0 Å². The summed E-state index contributed by atoms with van der Waals surface area (Å²) in [4.78, 5) is 0. The fraction of sp³-hybridized carbons (Fsp3) is 0.125. The average molecular weight is 388 g/mol. The van der Waals surface area contributed by atoms with E-state index < -0.39 is 0 Å². The summed E-state index contributed by atoms with van der Waals surface area (Å²) >= 11 is 0. The van der Waals surface area contributed by atoms with Crippen LogP contribution in [0, 0.1) is 0 Å². The van der Waals surface area contributed by atoms with Gasteiger partial charge in [-0.2, -0.15) is 0 Å². The highest BCUT2D eigenvalue weighted by Crippen LogP contribution is 2.41. The van der Waals surface area contributed by atoms with Crippen LogP contribution in [0.3, 0.4) is 0 Å². The molecule has 146 valence electrons. The van der Waals surface area contributed by atoms with Crippen LogP contribution in [0.5, 0.6) is 23.0 Å². The summed E-state index contributed by atoms with van der Waals surface area (Å²) < 4.78 is 18.8. The molecule has 2 heterocycles. The summed E-state index contributed by atoms with van der Waals surface area (Å²) in [5.74, 6) is 2.57. The van der Waals surface area contributed by atoms with Crippen LogP contribution < -0.4 is 18.8 Å². The number of aromatic hydroxyl groups is 1. The Bertz CT molecular complexity index is 1110. The number of nitrogens with zero attached hydrogens (tertiary/aromatic N) is 1. The van der Waals surface area contributed by atoms with Gasteiger partial charge in [0.1, 0.15) is 24.3 Å². The molecular weight excluding hydrogens is 366 g/mol. The highest BCUT2D eigenvalue weighted by Gasteiger charge is 2.20. The number of phenols is 1. The first-order chi connectivity index (χ1) is 14.1. The average Bonchev–Trinajstić information content (AvgIpc) is 2.75. The van der Waals surface area contributed by atoms with Gasteiger partial charge in [0, 0.05) is 29.3 Å². The number of rotatable bonds is 4. The molecule has 0 radical (unpaired) electrons. The number of phenolic OH excluding ortho intramolecular Hbond substituents is 1. The lowest BCUT2D eigenvalue weighted by Crippen LogP contribution is -2.25. The van der Waals surface area contributed by atoms with Gasteiger partial charge in [-0.25, -0.2) is 4.57 Å². The van der Waals surface area contributed by atoms with E-state index in [-0.39, 0.29) is 5.75 Å². The minimum Gasteiger partial charge on any atom is -0.504 e. The molecule has 3 aromatic rings. The van der Waals surface area contributed by atoms with Crippen LogP contribution in [0.25, 0.3) is 17.4 Å². The van der Waals surface area contributed by atoms with E-state index in [1.165, 1.54) is 7.11 Å². The predicted molar refractivity (Wildman–Crippen MR) is 112 cm³/mol. The van der Waals surface area contributed by atoms with Crippen molar-refractivity contribution in [2.75, 3.05) is 14.2 Å². The van der Waals surface area contributed by atoms with Gasteiger partial charge in [-0.15, -0.1) is 0 Å². The molecule has 0 fully saturated rings. The van der Waals surface area contributed by atoms with Crippen molar-refractivity contribution >= 4 is 17.4 Å². The lowest BCUT2D eigenvalue weighted by molar-refractivity contribution is -0.671. The summed E-state index contributed by atoms with van der Waals surface area (Å²) in [5.41, 5.74) is 3.89. The second kappa shape index (κ2) is 7.72. The van der Waals surface area contributed by atoms with Crippen molar-refractivity contribution in [3.8, 4) is 23.0 Å². The Morgan fingerprint density at radius 2 is 1.76 bits per heavy atom. The maximum atomic E-state index is 9.91. The molecule has 0 amide bonds. The molecule has 0 spiro atoms. The van der Waals surface area contributed by atoms with Gasteiger partial charge < -0.3 is 19.3 Å². The lowest BCUT2D eigenvalue weighted by atomic mass is 9.97. The van der Waals surface area contributed by atoms with Crippen molar-refractivity contribution < 1.29 is 23.9 Å². The number of ether oxygens (including phenoxy) is 3. The molecule has 5 heteroatoms. The topological polar surface area (TPSA) is 51.8 Å². The van der Waals surface area contributed by atoms with Crippen molar-refractivity contribution in [3.63, 3.8) is 0 Å². The van der Waals surface area contributed by atoms with Crippen molar-refractivity contribution in [1.29, 1.82) is 0 Å². The molecule has 0 saturated heterocycles. The van der Waals surface area contributed by atoms with Gasteiger partial charge >= 0.3 is 0 Å². The van der Waals surface area contributed by atoms with Gasteiger partial charge in [0.15, 0.2) is 23.9 Å². The summed E-state index contributed by atoms with van der Waals surface area (Å²) in [5, 5.41) is 9.91. The molecule has 0 aliphatic carbocycles. The fourth-order valence-electron chi connectivity index (χ4n) is 3.20. The molecule has 1 aliphatic heterocycles. The quantitative estimate of drug-likeness (QED) is 0.681. The van der Waals surface area contributed by atoms with E-state index in [1.54, 1.807) is 25.3 Å². The van der Waals surface area contributed by atoms with E-state index in [0.717, 1.165) is 28.0 Å². The number of aryl methyl sites for hydroxylation is 1. The third-order valence-corrected chi connectivity index (χ3v) is 4.80. The van der Waals surface area contributed by atoms with E-state index in [4.69, 9.17) is 14.2 Å². The van der Waals surface area contributed by atoms with Crippen molar-refractivity contribution in [3.05, 3.63) is 83.7 Å². The number of benzene rings is 2. The molecular formula is C24H22NO4+. The second-order valence-corrected chi connectivity index (χ2v) is 6.76. The van der Waals surface area contributed by atoms with Gasteiger partial charge in [0.2, 0.25) is 0 Å². The monoisotopic (exact) mass is 388 g/mol. The highest BCUT2D eigenvalue weighted by atomic mass is 16.5.